The molecule has 2 heterocycles. The van der Waals surface area contributed by atoms with E-state index in [1.165, 1.54) is 12.8 Å². The fourth-order valence-electron chi connectivity index (χ4n) is 3.04. The Bertz CT molecular complexity index is 384. The second-order valence-corrected chi connectivity index (χ2v) is 5.11. The van der Waals surface area contributed by atoms with E-state index in [4.69, 9.17) is 5.73 Å². The van der Waals surface area contributed by atoms with E-state index >= 15 is 0 Å². The van der Waals surface area contributed by atoms with Gasteiger partial charge in [0.2, 0.25) is 0 Å². The standard InChI is InChI=1S/C11H18N4/c1-11(6-2-4-8(11)12)10-14-13-9-5-3-7-15(9)10/h8H,2-7,12H2,1H3. The molecule has 82 valence electrons. The van der Waals surface area contributed by atoms with E-state index < -0.39 is 0 Å². The maximum absolute atomic E-state index is 6.22. The van der Waals surface area contributed by atoms with Gasteiger partial charge in [-0.3, -0.25) is 0 Å². The third-order valence-corrected chi connectivity index (χ3v) is 4.15. The largest absolute Gasteiger partial charge is 0.327 e. The average Bonchev–Trinajstić information content (AvgIpc) is 2.82. The first kappa shape index (κ1) is 9.33. The fourth-order valence-corrected chi connectivity index (χ4v) is 3.04. The number of aromatic nitrogens is 3. The molecule has 4 heteroatoms. The average molecular weight is 206 g/mol. The summed E-state index contributed by atoms with van der Waals surface area (Å²) in [6.45, 7) is 3.33. The van der Waals surface area contributed by atoms with Gasteiger partial charge in [-0.2, -0.15) is 0 Å². The molecule has 2 atom stereocenters. The van der Waals surface area contributed by atoms with Crippen molar-refractivity contribution in [3.8, 4) is 0 Å². The van der Waals surface area contributed by atoms with Crippen molar-refractivity contribution in [2.45, 2.75) is 57.0 Å². The molecular weight excluding hydrogens is 188 g/mol. The molecule has 0 saturated heterocycles. The van der Waals surface area contributed by atoms with Crippen molar-refractivity contribution in [3.05, 3.63) is 11.6 Å². The van der Waals surface area contributed by atoms with E-state index in [-0.39, 0.29) is 11.5 Å². The van der Waals surface area contributed by atoms with Gasteiger partial charge in [0.1, 0.15) is 11.6 Å². The Kier molecular flexibility index (Phi) is 1.89. The summed E-state index contributed by atoms with van der Waals surface area (Å²) < 4.78 is 2.30. The number of nitrogens with two attached hydrogens (primary N) is 1. The topological polar surface area (TPSA) is 56.7 Å². The molecule has 4 nitrogen and oxygen atoms in total. The molecule has 0 spiro atoms. The first-order valence-corrected chi connectivity index (χ1v) is 5.90. The van der Waals surface area contributed by atoms with Crippen molar-refractivity contribution in [1.82, 2.24) is 14.8 Å². The zero-order valence-electron chi connectivity index (χ0n) is 9.24. The van der Waals surface area contributed by atoms with E-state index in [2.05, 4.69) is 21.7 Å². The van der Waals surface area contributed by atoms with Gasteiger partial charge in [-0.25, -0.2) is 0 Å². The third-order valence-electron chi connectivity index (χ3n) is 4.15. The minimum Gasteiger partial charge on any atom is -0.327 e. The van der Waals surface area contributed by atoms with E-state index in [1.54, 1.807) is 0 Å². The van der Waals surface area contributed by atoms with Crippen LogP contribution in [0.4, 0.5) is 0 Å². The van der Waals surface area contributed by atoms with Crippen molar-refractivity contribution in [3.63, 3.8) is 0 Å². The molecule has 1 fully saturated rings. The Morgan fingerprint density at radius 2 is 2.27 bits per heavy atom. The highest BCUT2D eigenvalue weighted by atomic mass is 15.3. The van der Waals surface area contributed by atoms with Crippen molar-refractivity contribution >= 4 is 0 Å². The van der Waals surface area contributed by atoms with Crippen LogP contribution in [0.5, 0.6) is 0 Å². The van der Waals surface area contributed by atoms with Gasteiger partial charge in [-0.15, -0.1) is 10.2 Å². The summed E-state index contributed by atoms with van der Waals surface area (Å²) in [7, 11) is 0. The first-order chi connectivity index (χ1) is 7.22. The maximum Gasteiger partial charge on any atom is 0.140 e. The summed E-state index contributed by atoms with van der Waals surface area (Å²) in [5.41, 5.74) is 6.28. The Hall–Kier alpha value is -0.900. The summed E-state index contributed by atoms with van der Waals surface area (Å²) in [6.07, 6.45) is 5.80. The van der Waals surface area contributed by atoms with E-state index in [0.29, 0.717) is 0 Å². The molecule has 1 saturated carbocycles. The van der Waals surface area contributed by atoms with Gasteiger partial charge in [0.15, 0.2) is 0 Å². The Labute approximate surface area is 89.9 Å². The molecule has 15 heavy (non-hydrogen) atoms. The SMILES string of the molecule is CC1(c2nnc3n2CCC3)CCCC1N. The number of hydrogen-bond acceptors (Lipinski definition) is 3. The minimum atomic E-state index is 0.0651. The summed E-state index contributed by atoms with van der Waals surface area (Å²) in [5, 5.41) is 8.65. The second kappa shape index (κ2) is 3.04. The monoisotopic (exact) mass is 206 g/mol. The lowest BCUT2D eigenvalue weighted by Gasteiger charge is -2.27. The molecule has 1 aromatic rings. The lowest BCUT2D eigenvalue weighted by atomic mass is 9.84. The highest BCUT2D eigenvalue weighted by Gasteiger charge is 2.42. The van der Waals surface area contributed by atoms with E-state index in [9.17, 15) is 0 Å². The van der Waals surface area contributed by atoms with Gasteiger partial charge in [-0.1, -0.05) is 13.3 Å². The van der Waals surface area contributed by atoms with Crippen LogP contribution in [-0.2, 0) is 18.4 Å². The molecule has 1 aliphatic carbocycles. The number of rotatable bonds is 1. The molecule has 0 bridgehead atoms. The zero-order valence-corrected chi connectivity index (χ0v) is 9.24. The van der Waals surface area contributed by atoms with Crippen LogP contribution in [0.1, 0.15) is 44.3 Å². The molecule has 2 unspecified atom stereocenters. The Balaban J connectivity index is 2.05. The predicted octanol–water partition coefficient (Wildman–Crippen LogP) is 0.993. The number of hydrogen-bond donors (Lipinski definition) is 1. The highest BCUT2D eigenvalue weighted by molar-refractivity contribution is 5.17. The van der Waals surface area contributed by atoms with Gasteiger partial charge >= 0.3 is 0 Å². The first-order valence-electron chi connectivity index (χ1n) is 5.90. The molecule has 2 aliphatic rings. The minimum absolute atomic E-state index is 0.0651. The van der Waals surface area contributed by atoms with Gasteiger partial charge in [0.25, 0.3) is 0 Å². The second-order valence-electron chi connectivity index (χ2n) is 5.11. The summed E-state index contributed by atoms with van der Waals surface area (Å²) in [6, 6.07) is 0.256. The highest BCUT2D eigenvalue weighted by Crippen LogP contribution is 2.39. The fraction of sp³-hybridized carbons (Fsp3) is 0.818. The molecule has 3 rings (SSSR count). The molecule has 0 aromatic carbocycles. The molecule has 0 radical (unpaired) electrons. The van der Waals surface area contributed by atoms with Crippen LogP contribution < -0.4 is 5.73 Å². The number of nitrogens with zero attached hydrogens (tertiary/aromatic N) is 3. The van der Waals surface area contributed by atoms with Gasteiger partial charge in [0.05, 0.1) is 0 Å². The molecule has 1 aromatic heterocycles. The Morgan fingerprint density at radius 1 is 1.40 bits per heavy atom. The van der Waals surface area contributed by atoms with Crippen molar-refractivity contribution < 1.29 is 0 Å². The van der Waals surface area contributed by atoms with Crippen molar-refractivity contribution in [2.75, 3.05) is 0 Å². The molecular formula is C11H18N4. The predicted molar refractivity (Wildman–Crippen MR) is 57.5 cm³/mol. The summed E-state index contributed by atoms with van der Waals surface area (Å²) in [5.74, 6) is 2.30. The normalized spacial score (nSPS) is 34.7. The van der Waals surface area contributed by atoms with Crippen LogP contribution in [0.25, 0.3) is 0 Å². The third kappa shape index (κ3) is 1.17. The molecule has 1 aliphatic heterocycles. The Morgan fingerprint density at radius 3 is 3.00 bits per heavy atom. The smallest absolute Gasteiger partial charge is 0.140 e. The quantitative estimate of drug-likeness (QED) is 0.745. The van der Waals surface area contributed by atoms with Crippen LogP contribution in [0.15, 0.2) is 0 Å². The van der Waals surface area contributed by atoms with Crippen LogP contribution in [0.2, 0.25) is 0 Å². The van der Waals surface area contributed by atoms with Crippen LogP contribution in [0.3, 0.4) is 0 Å². The lowest BCUT2D eigenvalue weighted by molar-refractivity contribution is 0.386. The van der Waals surface area contributed by atoms with Crippen molar-refractivity contribution in [2.24, 2.45) is 5.73 Å². The maximum atomic E-state index is 6.22. The molecule has 0 amide bonds. The lowest BCUT2D eigenvalue weighted by Crippen LogP contribution is -2.40. The van der Waals surface area contributed by atoms with Crippen molar-refractivity contribution in [1.29, 1.82) is 0 Å². The summed E-state index contributed by atoms with van der Waals surface area (Å²) in [4.78, 5) is 0. The van der Waals surface area contributed by atoms with Gasteiger partial charge in [-0.05, 0) is 19.3 Å². The van der Waals surface area contributed by atoms with Gasteiger partial charge < -0.3 is 10.3 Å². The summed E-state index contributed by atoms with van der Waals surface area (Å²) >= 11 is 0. The van der Waals surface area contributed by atoms with E-state index in [0.717, 1.165) is 37.5 Å². The van der Waals surface area contributed by atoms with Crippen LogP contribution >= 0.6 is 0 Å². The number of aryl methyl sites for hydroxylation is 1. The van der Waals surface area contributed by atoms with E-state index in [1.807, 2.05) is 0 Å². The zero-order chi connectivity index (χ0) is 10.5. The number of fused-ring (bicyclic) bond motifs is 1. The van der Waals surface area contributed by atoms with Crippen LogP contribution in [-0.4, -0.2) is 20.8 Å². The van der Waals surface area contributed by atoms with Crippen LogP contribution in [0, 0.1) is 0 Å². The van der Waals surface area contributed by atoms with Gasteiger partial charge in [0, 0.05) is 24.4 Å². The molecule has 2 N–H and O–H groups in total.